The Morgan fingerprint density at radius 3 is 2.46 bits per heavy atom. The Hall–Kier alpha value is -0.280. The average molecular weight is 208 g/mol. The lowest BCUT2D eigenvalue weighted by Crippen LogP contribution is -2.54. The molecule has 3 N–H and O–H groups in total. The van der Waals surface area contributed by atoms with Crippen molar-refractivity contribution in [2.45, 2.75) is 39.2 Å². The van der Waals surface area contributed by atoms with E-state index in [0.29, 0.717) is 5.92 Å². The van der Waals surface area contributed by atoms with Crippen LogP contribution in [0, 0.1) is 11.3 Å². The van der Waals surface area contributed by atoms with Crippen molar-refractivity contribution in [3.8, 4) is 0 Å². The summed E-state index contributed by atoms with van der Waals surface area (Å²) in [4.78, 5) is 10.3. The highest BCUT2D eigenvalue weighted by Crippen LogP contribution is 2.47. The van der Waals surface area contributed by atoms with Crippen LogP contribution in [0.3, 0.4) is 0 Å². The molecule has 1 saturated carbocycles. The van der Waals surface area contributed by atoms with E-state index in [-0.39, 0.29) is 30.3 Å². The predicted octanol–water partition coefficient (Wildman–Crippen LogP) is 1.65. The first-order valence-corrected chi connectivity index (χ1v) is 4.42. The van der Waals surface area contributed by atoms with Gasteiger partial charge in [-0.25, -0.2) is 0 Å². The molecular formula is C9H18ClNO2. The lowest BCUT2D eigenvalue weighted by atomic mass is 9.57. The molecule has 0 aliphatic heterocycles. The summed E-state index contributed by atoms with van der Waals surface area (Å²) in [5.74, 6) is -0.199. The predicted molar refractivity (Wildman–Crippen MR) is 54.0 cm³/mol. The Kier molecular flexibility index (Phi) is 4.20. The molecule has 0 radical (unpaired) electrons. The largest absolute Gasteiger partial charge is 0.481 e. The maximum absolute atomic E-state index is 10.3. The summed E-state index contributed by atoms with van der Waals surface area (Å²) in [6.07, 6.45) is 2.04. The van der Waals surface area contributed by atoms with Crippen LogP contribution in [0.2, 0.25) is 0 Å². The van der Waals surface area contributed by atoms with E-state index in [1.165, 1.54) is 0 Å². The molecule has 2 atom stereocenters. The Labute approximate surface area is 85.1 Å². The maximum Gasteiger partial charge on any atom is 0.303 e. The van der Waals surface area contributed by atoms with Gasteiger partial charge in [0.15, 0.2) is 0 Å². The minimum Gasteiger partial charge on any atom is -0.481 e. The van der Waals surface area contributed by atoms with Crippen LogP contribution in [-0.4, -0.2) is 17.1 Å². The molecular weight excluding hydrogens is 190 g/mol. The molecule has 0 aromatic rings. The van der Waals surface area contributed by atoms with Crippen LogP contribution in [0.15, 0.2) is 0 Å². The smallest absolute Gasteiger partial charge is 0.303 e. The summed E-state index contributed by atoms with van der Waals surface area (Å²) >= 11 is 0. The highest BCUT2D eigenvalue weighted by Gasteiger charge is 2.45. The van der Waals surface area contributed by atoms with Crippen molar-refractivity contribution >= 4 is 18.4 Å². The van der Waals surface area contributed by atoms with Crippen molar-refractivity contribution in [2.75, 3.05) is 0 Å². The van der Waals surface area contributed by atoms with Gasteiger partial charge in [-0.15, -0.1) is 12.4 Å². The fraction of sp³-hybridized carbons (Fsp3) is 0.889. The van der Waals surface area contributed by atoms with Crippen LogP contribution in [0.1, 0.15) is 33.1 Å². The van der Waals surface area contributed by atoms with Crippen molar-refractivity contribution in [1.29, 1.82) is 0 Å². The van der Waals surface area contributed by atoms with Crippen molar-refractivity contribution in [3.63, 3.8) is 0 Å². The monoisotopic (exact) mass is 207 g/mol. The minimum absolute atomic E-state index is 0. The number of carboxylic acid groups (broad SMARTS) is 1. The van der Waals surface area contributed by atoms with Gasteiger partial charge in [-0.05, 0) is 24.2 Å². The zero-order valence-corrected chi connectivity index (χ0v) is 8.93. The molecule has 0 saturated heterocycles. The zero-order valence-electron chi connectivity index (χ0n) is 8.12. The molecule has 0 amide bonds. The molecule has 78 valence electrons. The molecule has 0 aromatic carbocycles. The molecule has 1 rings (SSSR count). The minimum atomic E-state index is -0.703. The zero-order chi connectivity index (χ0) is 9.35. The fourth-order valence-corrected chi connectivity index (χ4v) is 1.84. The number of rotatable bonds is 3. The Morgan fingerprint density at radius 1 is 1.62 bits per heavy atom. The van der Waals surface area contributed by atoms with Crippen molar-refractivity contribution in [3.05, 3.63) is 0 Å². The van der Waals surface area contributed by atoms with Gasteiger partial charge in [-0.1, -0.05) is 13.8 Å². The summed E-state index contributed by atoms with van der Waals surface area (Å²) in [6, 6.07) is 0.260. The van der Waals surface area contributed by atoms with Gasteiger partial charge in [0.25, 0.3) is 0 Å². The van der Waals surface area contributed by atoms with E-state index in [4.69, 9.17) is 10.8 Å². The third-order valence-corrected chi connectivity index (χ3v) is 3.25. The number of carbonyl (C=O) groups is 1. The summed E-state index contributed by atoms with van der Waals surface area (Å²) in [5.41, 5.74) is 5.95. The number of nitrogens with two attached hydrogens (primary N) is 1. The van der Waals surface area contributed by atoms with Gasteiger partial charge in [0.05, 0.1) is 0 Å². The lowest BCUT2D eigenvalue weighted by molar-refractivity contribution is -0.138. The first-order valence-electron chi connectivity index (χ1n) is 4.42. The van der Waals surface area contributed by atoms with E-state index in [1.54, 1.807) is 0 Å². The third kappa shape index (κ3) is 2.58. The number of carboxylic acids is 1. The van der Waals surface area contributed by atoms with E-state index >= 15 is 0 Å². The number of hydrogen-bond acceptors (Lipinski definition) is 2. The first-order chi connectivity index (χ1) is 5.44. The van der Waals surface area contributed by atoms with Gasteiger partial charge in [-0.3, -0.25) is 4.79 Å². The molecule has 0 spiro atoms. The summed E-state index contributed by atoms with van der Waals surface area (Å²) in [7, 11) is 0. The van der Waals surface area contributed by atoms with Crippen LogP contribution in [0.4, 0.5) is 0 Å². The Bertz CT molecular complexity index is 194. The second-order valence-electron chi connectivity index (χ2n) is 4.29. The molecule has 1 fully saturated rings. The second kappa shape index (κ2) is 4.29. The fourth-order valence-electron chi connectivity index (χ4n) is 1.84. The van der Waals surface area contributed by atoms with Crippen LogP contribution in [-0.2, 0) is 4.79 Å². The lowest BCUT2D eigenvalue weighted by Gasteiger charge is -2.50. The first kappa shape index (κ1) is 12.7. The van der Waals surface area contributed by atoms with Gasteiger partial charge < -0.3 is 10.8 Å². The highest BCUT2D eigenvalue weighted by molar-refractivity contribution is 5.85. The van der Waals surface area contributed by atoms with Crippen LogP contribution in [0.5, 0.6) is 0 Å². The average Bonchev–Trinajstić information content (AvgIpc) is 1.97. The maximum atomic E-state index is 10.3. The Balaban J connectivity index is 0.00000144. The van der Waals surface area contributed by atoms with E-state index in [0.717, 1.165) is 12.8 Å². The highest BCUT2D eigenvalue weighted by atomic mass is 35.5. The summed E-state index contributed by atoms with van der Waals surface area (Å²) < 4.78 is 0. The van der Waals surface area contributed by atoms with Crippen LogP contribution < -0.4 is 5.73 Å². The molecule has 0 bridgehead atoms. The molecule has 3 nitrogen and oxygen atoms in total. The second-order valence-corrected chi connectivity index (χ2v) is 4.29. The normalized spacial score (nSPS) is 30.1. The standard InChI is InChI=1S/C9H17NO2.ClH/c1-9(2)6(5-7(9)10)3-4-8(11)12;/h6-7H,3-5,10H2,1-2H3,(H,11,12);1H/t6-,7+;/m0./s1. The van der Waals surface area contributed by atoms with Gasteiger partial charge in [-0.2, -0.15) is 0 Å². The van der Waals surface area contributed by atoms with E-state index < -0.39 is 5.97 Å². The molecule has 0 unspecified atom stereocenters. The van der Waals surface area contributed by atoms with Crippen molar-refractivity contribution < 1.29 is 9.90 Å². The molecule has 1 aliphatic carbocycles. The van der Waals surface area contributed by atoms with Crippen molar-refractivity contribution in [2.24, 2.45) is 17.1 Å². The van der Waals surface area contributed by atoms with E-state index in [9.17, 15) is 4.79 Å². The number of aliphatic carboxylic acids is 1. The molecule has 0 heterocycles. The van der Waals surface area contributed by atoms with Crippen LogP contribution in [0.25, 0.3) is 0 Å². The van der Waals surface area contributed by atoms with E-state index in [1.807, 2.05) is 0 Å². The van der Waals surface area contributed by atoms with Gasteiger partial charge in [0.1, 0.15) is 0 Å². The molecule has 4 heteroatoms. The molecule has 13 heavy (non-hydrogen) atoms. The third-order valence-electron chi connectivity index (χ3n) is 3.25. The van der Waals surface area contributed by atoms with E-state index in [2.05, 4.69) is 13.8 Å². The van der Waals surface area contributed by atoms with Crippen molar-refractivity contribution in [1.82, 2.24) is 0 Å². The van der Waals surface area contributed by atoms with Gasteiger partial charge >= 0.3 is 5.97 Å². The van der Waals surface area contributed by atoms with Gasteiger partial charge in [0, 0.05) is 12.5 Å². The topological polar surface area (TPSA) is 63.3 Å². The quantitative estimate of drug-likeness (QED) is 0.740. The number of halogens is 1. The number of hydrogen-bond donors (Lipinski definition) is 2. The SMILES string of the molecule is CC1(C)[C@@H](CCC(=O)O)C[C@H]1N.Cl. The van der Waals surface area contributed by atoms with Crippen LogP contribution >= 0.6 is 12.4 Å². The summed E-state index contributed by atoms with van der Waals surface area (Å²) in [5, 5.41) is 8.49. The summed E-state index contributed by atoms with van der Waals surface area (Å²) in [6.45, 7) is 4.24. The van der Waals surface area contributed by atoms with Gasteiger partial charge in [0.2, 0.25) is 0 Å². The molecule has 1 aliphatic rings. The Morgan fingerprint density at radius 2 is 2.15 bits per heavy atom. The molecule has 0 aromatic heterocycles.